The van der Waals surface area contributed by atoms with E-state index in [9.17, 15) is 5.11 Å². The Kier molecular flexibility index (Phi) is 4.26. The Hall–Kier alpha value is -1.36. The Bertz CT molecular complexity index is 643. The number of nitrogens with zero attached hydrogens (tertiary/aromatic N) is 2. The molecule has 3 atom stereocenters. The quantitative estimate of drug-likeness (QED) is 0.937. The lowest BCUT2D eigenvalue weighted by Gasteiger charge is -2.20. The van der Waals surface area contributed by atoms with Gasteiger partial charge in [0.25, 0.3) is 0 Å². The zero-order chi connectivity index (χ0) is 15.9. The van der Waals surface area contributed by atoms with E-state index in [1.807, 2.05) is 31.2 Å². The summed E-state index contributed by atoms with van der Waals surface area (Å²) in [6, 6.07) is 7.62. The van der Waals surface area contributed by atoms with Crippen LogP contribution in [0.1, 0.15) is 31.5 Å². The number of rotatable bonds is 3. The van der Waals surface area contributed by atoms with Crippen LogP contribution in [0.15, 0.2) is 28.7 Å². The summed E-state index contributed by atoms with van der Waals surface area (Å²) in [5, 5.41) is 10.6. The maximum Gasteiger partial charge on any atom is 0.212 e. The van der Waals surface area contributed by atoms with Crippen molar-refractivity contribution in [2.24, 2.45) is 5.92 Å². The molecule has 0 radical (unpaired) electrons. The molecule has 0 aliphatic carbocycles. The Labute approximate surface area is 135 Å². The van der Waals surface area contributed by atoms with Crippen LogP contribution >= 0.6 is 11.6 Å². The molecule has 118 valence electrons. The lowest BCUT2D eigenvalue weighted by atomic mass is 10.1. The first-order valence-electron chi connectivity index (χ1n) is 7.61. The van der Waals surface area contributed by atoms with Gasteiger partial charge in [0.2, 0.25) is 5.89 Å². The maximum absolute atomic E-state index is 9.92. The number of benzene rings is 1. The van der Waals surface area contributed by atoms with Crippen LogP contribution in [0.25, 0.3) is 11.3 Å². The smallest absolute Gasteiger partial charge is 0.212 e. The average Bonchev–Trinajstić information content (AvgIpc) is 3.03. The minimum Gasteiger partial charge on any atom is -0.439 e. The zero-order valence-corrected chi connectivity index (χ0v) is 13.8. The number of hydrogen-bond acceptors (Lipinski definition) is 4. The summed E-state index contributed by atoms with van der Waals surface area (Å²) in [6.07, 6.45) is -0.269. The summed E-state index contributed by atoms with van der Waals surface area (Å²) in [5.41, 5.74) is 1.85. The van der Waals surface area contributed by atoms with Crippen LogP contribution in [0.2, 0.25) is 5.02 Å². The molecule has 1 saturated heterocycles. The van der Waals surface area contributed by atoms with Crippen LogP contribution in [-0.2, 0) is 0 Å². The van der Waals surface area contributed by atoms with Crippen molar-refractivity contribution in [1.29, 1.82) is 0 Å². The van der Waals surface area contributed by atoms with Crippen molar-refractivity contribution in [3.05, 3.63) is 40.9 Å². The number of halogens is 1. The molecule has 0 bridgehead atoms. The van der Waals surface area contributed by atoms with E-state index in [4.69, 9.17) is 16.0 Å². The lowest BCUT2D eigenvalue weighted by molar-refractivity contribution is 0.139. The Morgan fingerprint density at radius 1 is 1.32 bits per heavy atom. The van der Waals surface area contributed by atoms with E-state index in [0.29, 0.717) is 17.5 Å². The van der Waals surface area contributed by atoms with Gasteiger partial charge in [-0.2, -0.15) is 0 Å². The minimum absolute atomic E-state index is 0.0550. The number of aryl methyl sites for hydroxylation is 1. The van der Waals surface area contributed by atoms with Gasteiger partial charge in [-0.3, -0.25) is 4.90 Å². The molecular weight excluding hydrogens is 300 g/mol. The number of oxazole rings is 1. The van der Waals surface area contributed by atoms with Crippen LogP contribution in [0.5, 0.6) is 0 Å². The third-order valence-electron chi connectivity index (χ3n) is 4.43. The van der Waals surface area contributed by atoms with Gasteiger partial charge in [0.05, 0.1) is 17.8 Å². The van der Waals surface area contributed by atoms with Gasteiger partial charge in [-0.05, 0) is 44.0 Å². The largest absolute Gasteiger partial charge is 0.439 e. The fourth-order valence-corrected chi connectivity index (χ4v) is 3.05. The zero-order valence-electron chi connectivity index (χ0n) is 13.1. The Balaban J connectivity index is 1.84. The van der Waals surface area contributed by atoms with Gasteiger partial charge in [-0.1, -0.05) is 18.5 Å². The van der Waals surface area contributed by atoms with Gasteiger partial charge < -0.3 is 9.52 Å². The summed E-state index contributed by atoms with van der Waals surface area (Å²) < 4.78 is 6.01. The fourth-order valence-electron chi connectivity index (χ4n) is 2.92. The normalized spacial score (nSPS) is 23.9. The second kappa shape index (κ2) is 6.03. The molecule has 5 heteroatoms. The van der Waals surface area contributed by atoms with Gasteiger partial charge in [-0.15, -0.1) is 0 Å². The number of aliphatic hydroxyl groups excluding tert-OH is 1. The van der Waals surface area contributed by atoms with Crippen molar-refractivity contribution in [1.82, 2.24) is 9.88 Å². The van der Waals surface area contributed by atoms with Crippen LogP contribution < -0.4 is 0 Å². The van der Waals surface area contributed by atoms with Gasteiger partial charge >= 0.3 is 0 Å². The van der Waals surface area contributed by atoms with Crippen LogP contribution in [0.4, 0.5) is 0 Å². The molecule has 1 fully saturated rings. The van der Waals surface area contributed by atoms with E-state index in [0.717, 1.165) is 23.6 Å². The van der Waals surface area contributed by atoms with Crippen molar-refractivity contribution in [2.75, 3.05) is 13.1 Å². The second-order valence-corrected chi connectivity index (χ2v) is 6.58. The molecule has 0 unspecified atom stereocenters. The summed E-state index contributed by atoms with van der Waals surface area (Å²) in [4.78, 5) is 6.80. The van der Waals surface area contributed by atoms with E-state index in [-0.39, 0.29) is 18.1 Å². The Morgan fingerprint density at radius 3 is 2.59 bits per heavy atom. The number of aromatic nitrogens is 1. The highest BCUT2D eigenvalue weighted by molar-refractivity contribution is 6.30. The van der Waals surface area contributed by atoms with Crippen LogP contribution in [0.3, 0.4) is 0 Å². The predicted octanol–water partition coefficient (Wildman–Crippen LogP) is 3.68. The van der Waals surface area contributed by atoms with Crippen molar-refractivity contribution in [3.63, 3.8) is 0 Å². The number of likely N-dealkylation sites (tertiary alicyclic amines) is 1. The molecule has 1 aliphatic rings. The number of β-amino-alcohol motifs (C(OH)–C–C–N with tert-alkyl or cyclic N) is 1. The molecule has 1 N–H and O–H groups in total. The summed E-state index contributed by atoms with van der Waals surface area (Å²) >= 11 is 5.93. The van der Waals surface area contributed by atoms with Crippen molar-refractivity contribution < 1.29 is 9.52 Å². The monoisotopic (exact) mass is 320 g/mol. The molecule has 1 aliphatic heterocycles. The maximum atomic E-state index is 9.92. The summed E-state index contributed by atoms with van der Waals surface area (Å²) in [5.74, 6) is 1.77. The van der Waals surface area contributed by atoms with E-state index in [2.05, 4.69) is 23.7 Å². The standard InChI is InChI=1S/C17H21ClN2O2/c1-10-8-20(9-15(10)21)12(3)17-19-11(2)16(22-17)13-4-6-14(18)7-5-13/h4-7,10,12,15,21H,8-9H2,1-3H3/t10-,12+,15+/m1/s1. The van der Waals surface area contributed by atoms with Crippen molar-refractivity contribution >= 4 is 11.6 Å². The first-order chi connectivity index (χ1) is 10.5. The van der Waals surface area contributed by atoms with Gasteiger partial charge in [0, 0.05) is 23.7 Å². The number of hydrogen-bond donors (Lipinski definition) is 1. The first-order valence-corrected chi connectivity index (χ1v) is 7.99. The molecule has 2 heterocycles. The molecule has 0 spiro atoms. The summed E-state index contributed by atoms with van der Waals surface area (Å²) in [7, 11) is 0. The number of aliphatic hydroxyl groups is 1. The fraction of sp³-hybridized carbons (Fsp3) is 0.471. The third-order valence-corrected chi connectivity index (χ3v) is 4.68. The average molecular weight is 321 g/mol. The predicted molar refractivity (Wildman–Crippen MR) is 86.8 cm³/mol. The molecule has 4 nitrogen and oxygen atoms in total. The van der Waals surface area contributed by atoms with Gasteiger partial charge in [0.15, 0.2) is 5.76 Å². The molecule has 3 rings (SSSR count). The molecular formula is C17H21ClN2O2. The van der Waals surface area contributed by atoms with E-state index in [1.54, 1.807) is 0 Å². The van der Waals surface area contributed by atoms with E-state index >= 15 is 0 Å². The SMILES string of the molecule is Cc1nc([C@H](C)N2C[C@@H](C)[C@@H](O)C2)oc1-c1ccc(Cl)cc1. The summed E-state index contributed by atoms with van der Waals surface area (Å²) in [6.45, 7) is 7.62. The topological polar surface area (TPSA) is 49.5 Å². The highest BCUT2D eigenvalue weighted by atomic mass is 35.5. The van der Waals surface area contributed by atoms with Gasteiger partial charge in [0.1, 0.15) is 0 Å². The Morgan fingerprint density at radius 2 is 2.00 bits per heavy atom. The highest BCUT2D eigenvalue weighted by Crippen LogP contribution is 2.32. The molecule has 1 aromatic carbocycles. The molecule has 0 amide bonds. The first kappa shape index (κ1) is 15.5. The van der Waals surface area contributed by atoms with Crippen molar-refractivity contribution in [3.8, 4) is 11.3 Å². The molecule has 0 saturated carbocycles. The molecule has 22 heavy (non-hydrogen) atoms. The van der Waals surface area contributed by atoms with Crippen LogP contribution in [-0.4, -0.2) is 34.2 Å². The molecule has 1 aromatic heterocycles. The molecule has 2 aromatic rings. The second-order valence-electron chi connectivity index (χ2n) is 6.15. The lowest BCUT2D eigenvalue weighted by Crippen LogP contribution is -2.25. The van der Waals surface area contributed by atoms with Crippen LogP contribution in [0, 0.1) is 12.8 Å². The highest BCUT2D eigenvalue weighted by Gasteiger charge is 2.33. The minimum atomic E-state index is -0.269. The van der Waals surface area contributed by atoms with Crippen molar-refractivity contribution in [2.45, 2.75) is 32.9 Å². The van der Waals surface area contributed by atoms with Gasteiger partial charge in [-0.25, -0.2) is 4.98 Å². The third kappa shape index (κ3) is 2.91. The van der Waals surface area contributed by atoms with E-state index in [1.165, 1.54) is 0 Å². The van der Waals surface area contributed by atoms with E-state index < -0.39 is 0 Å².